The molecule has 6 aromatic carbocycles. The molecule has 3 aromatic heterocycles. The Labute approximate surface area is 296 Å². The van der Waals surface area contributed by atoms with Crippen molar-refractivity contribution in [1.82, 2.24) is 24.1 Å². The number of benzene rings is 6. The number of para-hydroxylation sites is 2. The first kappa shape index (κ1) is 29.8. The monoisotopic (exact) mass is 659 g/mol. The van der Waals surface area contributed by atoms with Crippen LogP contribution in [-0.2, 0) is 10.8 Å². The Balaban J connectivity index is 1.36. The number of nitrogens with zero attached hydrogens (tertiary/aromatic N) is 5. The van der Waals surface area contributed by atoms with Crippen molar-refractivity contribution in [1.29, 1.82) is 0 Å². The second-order valence-corrected chi connectivity index (χ2v) is 15.3. The highest BCUT2D eigenvalue weighted by Gasteiger charge is 2.42. The van der Waals surface area contributed by atoms with Gasteiger partial charge in [-0.15, -0.1) is 0 Å². The zero-order valence-electron chi connectivity index (χ0n) is 29.2. The van der Waals surface area contributed by atoms with Crippen molar-refractivity contribution in [3.05, 3.63) is 151 Å². The number of hydrogen-bond acceptors (Lipinski definition) is 3. The molecule has 10 rings (SSSR count). The van der Waals surface area contributed by atoms with Gasteiger partial charge in [-0.2, -0.15) is 9.97 Å². The maximum absolute atomic E-state index is 5.25. The van der Waals surface area contributed by atoms with Gasteiger partial charge in [-0.05, 0) is 52.6 Å². The molecule has 0 saturated carbocycles. The van der Waals surface area contributed by atoms with Crippen LogP contribution in [0.4, 0.5) is 0 Å². The van der Waals surface area contributed by atoms with Gasteiger partial charge in [-0.1, -0.05) is 143 Å². The van der Waals surface area contributed by atoms with Crippen LogP contribution in [0.2, 0.25) is 0 Å². The van der Waals surface area contributed by atoms with E-state index in [4.69, 9.17) is 15.0 Å². The lowest BCUT2D eigenvalue weighted by Gasteiger charge is -2.22. The van der Waals surface area contributed by atoms with E-state index in [9.17, 15) is 0 Å². The fourth-order valence-electron chi connectivity index (χ4n) is 8.99. The Kier molecular flexibility index (Phi) is 6.26. The fourth-order valence-corrected chi connectivity index (χ4v) is 8.99. The summed E-state index contributed by atoms with van der Waals surface area (Å²) in [5.74, 6) is 1.87. The molecule has 51 heavy (non-hydrogen) atoms. The minimum atomic E-state index is 0.0738. The van der Waals surface area contributed by atoms with E-state index < -0.39 is 0 Å². The molecule has 0 N–H and O–H groups in total. The molecule has 1 aliphatic rings. The van der Waals surface area contributed by atoms with Crippen molar-refractivity contribution in [2.45, 2.75) is 44.9 Å². The third kappa shape index (κ3) is 4.44. The topological polar surface area (TPSA) is 48.5 Å². The molecule has 1 aliphatic carbocycles. The van der Waals surface area contributed by atoms with Crippen LogP contribution in [-0.4, -0.2) is 24.1 Å². The lowest BCUT2D eigenvalue weighted by Crippen LogP contribution is -2.18. The maximum Gasteiger partial charge on any atom is 0.238 e. The molecule has 0 aliphatic heterocycles. The zero-order chi connectivity index (χ0) is 34.5. The summed E-state index contributed by atoms with van der Waals surface area (Å²) < 4.78 is 4.74. The lowest BCUT2D eigenvalue weighted by atomic mass is 9.82. The van der Waals surface area contributed by atoms with Gasteiger partial charge in [-0.25, -0.2) is 4.98 Å². The average Bonchev–Trinajstić information content (AvgIpc) is 3.74. The quantitative estimate of drug-likeness (QED) is 0.189. The van der Waals surface area contributed by atoms with E-state index >= 15 is 0 Å². The second-order valence-electron chi connectivity index (χ2n) is 15.3. The molecule has 0 unspecified atom stereocenters. The molecule has 9 aromatic rings. The normalized spacial score (nSPS) is 14.9. The molecule has 0 saturated heterocycles. The summed E-state index contributed by atoms with van der Waals surface area (Å²) >= 11 is 0. The summed E-state index contributed by atoms with van der Waals surface area (Å²) in [4.78, 5) is 15.5. The van der Waals surface area contributed by atoms with Crippen LogP contribution in [0, 0.1) is 0 Å². The van der Waals surface area contributed by atoms with Gasteiger partial charge in [0.25, 0.3) is 0 Å². The number of fused-ring (bicyclic) bond motifs is 8. The van der Waals surface area contributed by atoms with Gasteiger partial charge in [0.1, 0.15) is 0 Å². The van der Waals surface area contributed by atoms with Crippen LogP contribution >= 0.6 is 0 Å². The SMILES string of the molecule is CC1(C)CC(C)(C)c2cc(-n3c4ccccc4c4ccc5c6ccccc6n(-c6nc(-c7ccccc7)nc(-c7ccccc7)n6)c5c43)ccc21. The molecule has 0 fully saturated rings. The van der Waals surface area contributed by atoms with Gasteiger partial charge in [0, 0.05) is 38.4 Å². The smallest absolute Gasteiger partial charge is 0.238 e. The zero-order valence-corrected chi connectivity index (χ0v) is 29.2. The molecular formula is C46H37N5. The molecule has 5 nitrogen and oxygen atoms in total. The van der Waals surface area contributed by atoms with E-state index in [0.29, 0.717) is 17.6 Å². The van der Waals surface area contributed by atoms with Crippen LogP contribution in [0.15, 0.2) is 140 Å². The van der Waals surface area contributed by atoms with Gasteiger partial charge < -0.3 is 4.57 Å². The number of rotatable bonds is 4. The third-order valence-electron chi connectivity index (χ3n) is 11.0. The highest BCUT2D eigenvalue weighted by Crippen LogP contribution is 2.50. The van der Waals surface area contributed by atoms with E-state index in [1.54, 1.807) is 0 Å². The first-order valence-corrected chi connectivity index (χ1v) is 17.8. The molecule has 246 valence electrons. The highest BCUT2D eigenvalue weighted by atomic mass is 15.2. The summed E-state index contributed by atoms with van der Waals surface area (Å²) in [5, 5.41) is 4.73. The highest BCUT2D eigenvalue weighted by molar-refractivity contribution is 6.23. The van der Waals surface area contributed by atoms with E-state index in [1.165, 1.54) is 33.1 Å². The Bertz CT molecular complexity index is 2760. The first-order chi connectivity index (χ1) is 24.8. The van der Waals surface area contributed by atoms with Crippen molar-refractivity contribution in [2.24, 2.45) is 0 Å². The van der Waals surface area contributed by atoms with E-state index in [2.05, 4.69) is 140 Å². The Morgan fingerprint density at radius 3 is 1.53 bits per heavy atom. The van der Waals surface area contributed by atoms with Crippen LogP contribution in [0.5, 0.6) is 0 Å². The Hall–Kier alpha value is -6.07. The molecule has 0 amide bonds. The number of aromatic nitrogens is 5. The van der Waals surface area contributed by atoms with E-state index in [-0.39, 0.29) is 10.8 Å². The summed E-state index contributed by atoms with van der Waals surface area (Å²) in [5.41, 5.74) is 10.6. The summed E-state index contributed by atoms with van der Waals surface area (Å²) in [6, 6.07) is 49.5. The van der Waals surface area contributed by atoms with Crippen LogP contribution in [0.3, 0.4) is 0 Å². The largest absolute Gasteiger partial charge is 0.307 e. The minimum absolute atomic E-state index is 0.0738. The van der Waals surface area contributed by atoms with Crippen molar-refractivity contribution in [3.8, 4) is 34.4 Å². The van der Waals surface area contributed by atoms with Crippen LogP contribution < -0.4 is 0 Å². The second kappa shape index (κ2) is 10.7. The average molecular weight is 660 g/mol. The van der Waals surface area contributed by atoms with Crippen LogP contribution in [0.25, 0.3) is 78.0 Å². The molecule has 3 heterocycles. The molecule has 0 radical (unpaired) electrons. The van der Waals surface area contributed by atoms with Gasteiger partial charge in [-0.3, -0.25) is 4.57 Å². The van der Waals surface area contributed by atoms with Crippen molar-refractivity contribution < 1.29 is 0 Å². The minimum Gasteiger partial charge on any atom is -0.307 e. The Morgan fingerprint density at radius 2 is 0.941 bits per heavy atom. The number of hydrogen-bond donors (Lipinski definition) is 0. The van der Waals surface area contributed by atoms with Gasteiger partial charge >= 0.3 is 0 Å². The van der Waals surface area contributed by atoms with Gasteiger partial charge in [0.05, 0.1) is 22.1 Å². The van der Waals surface area contributed by atoms with Gasteiger partial charge in [0.2, 0.25) is 5.95 Å². The van der Waals surface area contributed by atoms with E-state index in [1.807, 2.05) is 36.4 Å². The first-order valence-electron chi connectivity index (χ1n) is 17.8. The molecule has 5 heteroatoms. The van der Waals surface area contributed by atoms with Crippen molar-refractivity contribution in [3.63, 3.8) is 0 Å². The maximum atomic E-state index is 5.25. The molecule has 0 spiro atoms. The standard InChI is InChI=1S/C46H37N5/c1-45(2)28-46(3,4)37-27-31(23-26-36(37)45)50-38-21-13-11-19-32(38)34-24-25-35-33-20-12-14-22-39(33)51(41(35)40(34)50)44-48-42(29-15-7-5-8-16-29)47-43(49-44)30-17-9-6-10-18-30/h5-27H,28H2,1-4H3. The summed E-state index contributed by atoms with van der Waals surface area (Å²) in [6.45, 7) is 9.54. The fraction of sp³-hybridized carbons (Fsp3) is 0.152. The van der Waals surface area contributed by atoms with Crippen LogP contribution in [0.1, 0.15) is 45.2 Å². The molecular weight excluding hydrogens is 623 g/mol. The molecule has 0 atom stereocenters. The summed E-state index contributed by atoms with van der Waals surface area (Å²) in [7, 11) is 0. The predicted octanol–water partition coefficient (Wildman–Crippen LogP) is 11.4. The molecule has 0 bridgehead atoms. The Morgan fingerprint density at radius 1 is 0.451 bits per heavy atom. The third-order valence-corrected chi connectivity index (χ3v) is 11.0. The lowest BCUT2D eigenvalue weighted by molar-refractivity contribution is 0.403. The van der Waals surface area contributed by atoms with E-state index in [0.717, 1.165) is 44.9 Å². The summed E-state index contributed by atoms with van der Waals surface area (Å²) in [6.07, 6.45) is 1.12. The van der Waals surface area contributed by atoms with Crippen molar-refractivity contribution in [2.75, 3.05) is 0 Å². The van der Waals surface area contributed by atoms with Gasteiger partial charge in [0.15, 0.2) is 11.6 Å². The predicted molar refractivity (Wildman–Crippen MR) is 210 cm³/mol. The van der Waals surface area contributed by atoms with Crippen molar-refractivity contribution >= 4 is 43.6 Å².